The maximum atomic E-state index is 12.3. The summed E-state index contributed by atoms with van der Waals surface area (Å²) < 4.78 is 4.94. The number of amides is 1. The van der Waals surface area contributed by atoms with Gasteiger partial charge in [-0.2, -0.15) is 0 Å². The van der Waals surface area contributed by atoms with Crippen molar-refractivity contribution in [2.45, 2.75) is 20.3 Å². The van der Waals surface area contributed by atoms with Crippen LogP contribution in [0.3, 0.4) is 0 Å². The third kappa shape index (κ3) is 4.36. The van der Waals surface area contributed by atoms with E-state index in [1.807, 2.05) is 13.8 Å². The molecule has 0 saturated heterocycles. The van der Waals surface area contributed by atoms with E-state index in [4.69, 9.17) is 10.5 Å². The number of nitrogens with zero attached hydrogens (tertiary/aromatic N) is 2. The zero-order valence-corrected chi connectivity index (χ0v) is 12.5. The van der Waals surface area contributed by atoms with Gasteiger partial charge in [-0.05, 0) is 13.3 Å². The molecule has 0 aliphatic carbocycles. The van der Waals surface area contributed by atoms with E-state index in [1.54, 1.807) is 12.0 Å². The van der Waals surface area contributed by atoms with Gasteiger partial charge in [0.25, 0.3) is 5.91 Å². The molecule has 6 nitrogen and oxygen atoms in total. The maximum Gasteiger partial charge on any atom is 0.267 e. The van der Waals surface area contributed by atoms with Crippen molar-refractivity contribution in [2.75, 3.05) is 44.4 Å². The molecular formula is C12H22N4O2S. The van der Waals surface area contributed by atoms with Gasteiger partial charge < -0.3 is 20.7 Å². The lowest BCUT2D eigenvalue weighted by Crippen LogP contribution is -2.31. The summed E-state index contributed by atoms with van der Waals surface area (Å²) in [4.78, 5) is 18.7. The van der Waals surface area contributed by atoms with Crippen LogP contribution < -0.4 is 11.1 Å². The quantitative estimate of drug-likeness (QED) is 0.710. The van der Waals surface area contributed by atoms with E-state index in [0.717, 1.165) is 13.0 Å². The van der Waals surface area contributed by atoms with E-state index in [9.17, 15) is 4.79 Å². The van der Waals surface area contributed by atoms with Crippen molar-refractivity contribution in [1.82, 2.24) is 9.88 Å². The van der Waals surface area contributed by atoms with Crippen LogP contribution in [0.1, 0.15) is 29.9 Å². The van der Waals surface area contributed by atoms with Gasteiger partial charge in [-0.25, -0.2) is 4.98 Å². The second-order valence-electron chi connectivity index (χ2n) is 4.04. The molecule has 3 N–H and O–H groups in total. The number of aromatic nitrogens is 1. The van der Waals surface area contributed by atoms with Gasteiger partial charge in [-0.1, -0.05) is 18.3 Å². The van der Waals surface area contributed by atoms with E-state index < -0.39 is 0 Å². The number of carbonyl (C=O) groups excluding carboxylic acids is 1. The first-order valence-electron chi connectivity index (χ1n) is 6.42. The van der Waals surface area contributed by atoms with Crippen molar-refractivity contribution in [3.63, 3.8) is 0 Å². The minimum absolute atomic E-state index is 0.0425. The summed E-state index contributed by atoms with van der Waals surface area (Å²) in [6.07, 6.45) is 0.928. The fraction of sp³-hybridized carbons (Fsp3) is 0.667. The predicted molar refractivity (Wildman–Crippen MR) is 78.8 cm³/mol. The van der Waals surface area contributed by atoms with Crippen LogP contribution in [0.15, 0.2) is 0 Å². The standard InChI is InChI=1S/C12H22N4O2S/c1-4-7-16(5-2)11(17)9-10(13)15-12(19-9)14-6-8-18-3/h4-8,13H2,1-3H3,(H,14,15). The van der Waals surface area contributed by atoms with Gasteiger partial charge in [0, 0.05) is 26.7 Å². The first-order chi connectivity index (χ1) is 9.13. The fourth-order valence-electron chi connectivity index (χ4n) is 1.64. The van der Waals surface area contributed by atoms with Crippen LogP contribution in [0.2, 0.25) is 0 Å². The highest BCUT2D eigenvalue weighted by molar-refractivity contribution is 7.18. The number of carbonyl (C=O) groups is 1. The Hall–Kier alpha value is -1.34. The molecule has 0 aliphatic heterocycles. The molecule has 0 fully saturated rings. The number of nitrogen functional groups attached to an aromatic ring is 1. The zero-order chi connectivity index (χ0) is 14.3. The minimum Gasteiger partial charge on any atom is -0.383 e. The summed E-state index contributed by atoms with van der Waals surface area (Å²) in [6.45, 7) is 6.64. The molecule has 108 valence electrons. The first-order valence-corrected chi connectivity index (χ1v) is 7.24. The number of methoxy groups -OCH3 is 1. The lowest BCUT2D eigenvalue weighted by Gasteiger charge is -2.18. The van der Waals surface area contributed by atoms with Crippen molar-refractivity contribution in [3.8, 4) is 0 Å². The fourth-order valence-corrected chi connectivity index (χ4v) is 2.52. The highest BCUT2D eigenvalue weighted by Crippen LogP contribution is 2.26. The molecule has 19 heavy (non-hydrogen) atoms. The van der Waals surface area contributed by atoms with E-state index in [-0.39, 0.29) is 5.91 Å². The van der Waals surface area contributed by atoms with Crippen LogP contribution in [0.25, 0.3) is 0 Å². The zero-order valence-electron chi connectivity index (χ0n) is 11.7. The van der Waals surface area contributed by atoms with E-state index >= 15 is 0 Å². The second-order valence-corrected chi connectivity index (χ2v) is 5.04. The smallest absolute Gasteiger partial charge is 0.267 e. The molecule has 1 aromatic rings. The van der Waals surface area contributed by atoms with E-state index in [2.05, 4.69) is 10.3 Å². The van der Waals surface area contributed by atoms with Crippen LogP contribution in [0.4, 0.5) is 10.9 Å². The van der Waals surface area contributed by atoms with Gasteiger partial charge >= 0.3 is 0 Å². The number of rotatable bonds is 8. The normalized spacial score (nSPS) is 10.5. The first kappa shape index (κ1) is 15.7. The number of hydrogen-bond donors (Lipinski definition) is 2. The van der Waals surface area contributed by atoms with E-state index in [1.165, 1.54) is 11.3 Å². The SMILES string of the molecule is CCCN(CC)C(=O)c1sc(NCCOC)nc1N. The number of thiazole rings is 1. The molecule has 0 spiro atoms. The van der Waals surface area contributed by atoms with Gasteiger partial charge in [-0.3, -0.25) is 4.79 Å². The van der Waals surface area contributed by atoms with Crippen molar-refractivity contribution >= 4 is 28.2 Å². The molecule has 7 heteroatoms. The van der Waals surface area contributed by atoms with Crippen LogP contribution in [-0.4, -0.2) is 49.1 Å². The van der Waals surface area contributed by atoms with Crippen molar-refractivity contribution < 1.29 is 9.53 Å². The van der Waals surface area contributed by atoms with Gasteiger partial charge in [-0.15, -0.1) is 0 Å². The molecule has 1 rings (SSSR count). The Morgan fingerprint density at radius 1 is 1.53 bits per heavy atom. The van der Waals surface area contributed by atoms with Crippen LogP contribution in [0, 0.1) is 0 Å². The summed E-state index contributed by atoms with van der Waals surface area (Å²) in [5.74, 6) is 0.253. The van der Waals surface area contributed by atoms with Crippen LogP contribution >= 0.6 is 11.3 Å². The summed E-state index contributed by atoms with van der Waals surface area (Å²) in [6, 6.07) is 0. The van der Waals surface area contributed by atoms with Gasteiger partial charge in [0.15, 0.2) is 5.13 Å². The summed E-state index contributed by atoms with van der Waals surface area (Å²) >= 11 is 1.29. The largest absolute Gasteiger partial charge is 0.383 e. The average Bonchev–Trinajstić information content (AvgIpc) is 2.77. The van der Waals surface area contributed by atoms with E-state index in [0.29, 0.717) is 35.5 Å². The number of hydrogen-bond acceptors (Lipinski definition) is 6. The van der Waals surface area contributed by atoms with Gasteiger partial charge in [0.2, 0.25) is 0 Å². The summed E-state index contributed by atoms with van der Waals surface area (Å²) in [5.41, 5.74) is 5.82. The van der Waals surface area contributed by atoms with Gasteiger partial charge in [0.1, 0.15) is 10.7 Å². The third-order valence-electron chi connectivity index (χ3n) is 2.59. The molecule has 1 amide bonds. The Morgan fingerprint density at radius 3 is 2.84 bits per heavy atom. The molecule has 0 bridgehead atoms. The molecule has 1 heterocycles. The molecule has 0 unspecified atom stereocenters. The molecule has 0 saturated carbocycles. The van der Waals surface area contributed by atoms with Crippen molar-refractivity contribution in [1.29, 1.82) is 0 Å². The second kappa shape index (κ2) is 7.96. The topological polar surface area (TPSA) is 80.5 Å². The molecule has 0 radical (unpaired) electrons. The Kier molecular flexibility index (Phi) is 6.58. The van der Waals surface area contributed by atoms with Crippen molar-refractivity contribution in [3.05, 3.63) is 4.88 Å². The molecule has 0 aromatic carbocycles. The molecule has 1 aromatic heterocycles. The lowest BCUT2D eigenvalue weighted by molar-refractivity contribution is 0.0770. The molecule has 0 aliphatic rings. The van der Waals surface area contributed by atoms with Gasteiger partial charge in [0.05, 0.1) is 6.61 Å². The number of nitrogens with one attached hydrogen (secondary N) is 1. The van der Waals surface area contributed by atoms with Crippen LogP contribution in [0.5, 0.6) is 0 Å². The molecular weight excluding hydrogens is 264 g/mol. The Balaban J connectivity index is 2.74. The number of anilines is 2. The minimum atomic E-state index is -0.0425. The van der Waals surface area contributed by atoms with Crippen molar-refractivity contribution in [2.24, 2.45) is 0 Å². The Labute approximate surface area is 118 Å². The Bertz CT molecular complexity index is 408. The highest BCUT2D eigenvalue weighted by atomic mass is 32.1. The summed E-state index contributed by atoms with van der Waals surface area (Å²) in [5, 5.41) is 3.74. The predicted octanol–water partition coefficient (Wildman–Crippen LogP) is 1.66. The monoisotopic (exact) mass is 286 g/mol. The summed E-state index contributed by atoms with van der Waals surface area (Å²) in [7, 11) is 1.64. The lowest BCUT2D eigenvalue weighted by atomic mass is 10.3. The Morgan fingerprint density at radius 2 is 2.26 bits per heavy atom. The highest BCUT2D eigenvalue weighted by Gasteiger charge is 2.20. The number of ether oxygens (including phenoxy) is 1. The number of nitrogens with two attached hydrogens (primary N) is 1. The third-order valence-corrected chi connectivity index (χ3v) is 3.61. The average molecular weight is 286 g/mol. The molecule has 0 atom stereocenters. The maximum absolute atomic E-state index is 12.3. The van der Waals surface area contributed by atoms with Crippen LogP contribution in [-0.2, 0) is 4.74 Å².